The highest BCUT2D eigenvalue weighted by Crippen LogP contribution is 2.29. The summed E-state index contributed by atoms with van der Waals surface area (Å²) in [5.74, 6) is 1.23. The van der Waals surface area contributed by atoms with Gasteiger partial charge in [-0.2, -0.15) is 0 Å². The van der Waals surface area contributed by atoms with E-state index >= 15 is 0 Å². The van der Waals surface area contributed by atoms with Crippen molar-refractivity contribution in [3.63, 3.8) is 0 Å². The van der Waals surface area contributed by atoms with Crippen molar-refractivity contribution in [3.8, 4) is 17.2 Å². The fourth-order valence-electron chi connectivity index (χ4n) is 3.89. The predicted molar refractivity (Wildman–Crippen MR) is 130 cm³/mol. The smallest absolute Gasteiger partial charge is 0.347 e. The first-order valence-electron chi connectivity index (χ1n) is 11.5. The van der Waals surface area contributed by atoms with Crippen LogP contribution in [0, 0.1) is 13.8 Å². The van der Waals surface area contributed by atoms with Gasteiger partial charge in [-0.05, 0) is 56.5 Å². The van der Waals surface area contributed by atoms with Crippen LogP contribution in [0.5, 0.6) is 5.75 Å². The highest BCUT2D eigenvalue weighted by Gasteiger charge is 2.30. The van der Waals surface area contributed by atoms with E-state index < -0.39 is 11.6 Å². The number of carboxylic acid groups (broad SMARTS) is 1. The number of nitrogens with zero attached hydrogens (tertiary/aromatic N) is 4. The maximum absolute atomic E-state index is 11.5. The Hall–Kier alpha value is -3.72. The molecule has 2 heterocycles. The normalized spacial score (nSPS) is 13.6. The van der Waals surface area contributed by atoms with Crippen LogP contribution >= 0.6 is 0 Å². The van der Waals surface area contributed by atoms with Gasteiger partial charge in [0.1, 0.15) is 12.4 Å². The van der Waals surface area contributed by atoms with Crippen LogP contribution in [0.2, 0.25) is 0 Å². The average Bonchev–Trinajstić information content (AvgIpc) is 3.49. The van der Waals surface area contributed by atoms with Crippen LogP contribution in [0.25, 0.3) is 11.5 Å². The number of carbonyl (C=O) groups is 1. The number of ether oxygens (including phenoxy) is 2. The molecule has 4 rings (SSSR count). The summed E-state index contributed by atoms with van der Waals surface area (Å²) in [5.41, 5.74) is 2.32. The van der Waals surface area contributed by atoms with Gasteiger partial charge in [0.25, 0.3) is 0 Å². The molecule has 1 aromatic heterocycles. The molecule has 35 heavy (non-hydrogen) atoms. The van der Waals surface area contributed by atoms with Gasteiger partial charge in [-0.25, -0.2) is 4.79 Å². The molecule has 0 spiro atoms. The van der Waals surface area contributed by atoms with Gasteiger partial charge < -0.3 is 19.0 Å². The zero-order valence-corrected chi connectivity index (χ0v) is 20.4. The van der Waals surface area contributed by atoms with Crippen molar-refractivity contribution in [1.82, 2.24) is 15.1 Å². The van der Waals surface area contributed by atoms with Gasteiger partial charge in [0.15, 0.2) is 11.5 Å². The molecule has 0 saturated heterocycles. The lowest BCUT2D eigenvalue weighted by Gasteiger charge is -2.25. The van der Waals surface area contributed by atoms with Crippen molar-refractivity contribution in [3.05, 3.63) is 65.0 Å². The molecule has 184 valence electrons. The third-order valence-corrected chi connectivity index (χ3v) is 5.65. The standard InChI is InChI=1S/C26H30N4O5/c1-17-12-19(13-18(2)23(17)35-26(3,4)25(31)32)14-30(15-21-27-10-11-33-21)16-22-28-29-24(34-22)20-8-6-5-7-9-20/h5-9,12-13H,10-11,14-16H2,1-4H3,(H,31,32). The van der Waals surface area contributed by atoms with Gasteiger partial charge in [-0.3, -0.25) is 9.89 Å². The first-order valence-corrected chi connectivity index (χ1v) is 11.5. The van der Waals surface area contributed by atoms with E-state index in [-0.39, 0.29) is 0 Å². The second-order valence-electron chi connectivity index (χ2n) is 9.11. The number of rotatable bonds is 10. The summed E-state index contributed by atoms with van der Waals surface area (Å²) in [5, 5.41) is 17.9. The topological polar surface area (TPSA) is 110 Å². The molecule has 0 aliphatic carbocycles. The third kappa shape index (κ3) is 6.05. The van der Waals surface area contributed by atoms with E-state index in [1.54, 1.807) is 13.8 Å². The molecule has 1 aliphatic rings. The van der Waals surface area contributed by atoms with E-state index in [0.717, 1.165) is 22.3 Å². The van der Waals surface area contributed by atoms with Crippen molar-refractivity contribution in [1.29, 1.82) is 0 Å². The van der Waals surface area contributed by atoms with Crippen LogP contribution in [0.3, 0.4) is 0 Å². The molecule has 0 saturated carbocycles. The molecule has 1 N–H and O–H groups in total. The number of carboxylic acids is 1. The summed E-state index contributed by atoms with van der Waals surface area (Å²) in [7, 11) is 0. The molecule has 9 nitrogen and oxygen atoms in total. The van der Waals surface area contributed by atoms with Crippen molar-refractivity contribution in [2.24, 2.45) is 4.99 Å². The minimum Gasteiger partial charge on any atom is -0.478 e. The summed E-state index contributed by atoms with van der Waals surface area (Å²) >= 11 is 0. The fourth-order valence-corrected chi connectivity index (χ4v) is 3.89. The minimum absolute atomic E-state index is 0.421. The highest BCUT2D eigenvalue weighted by molar-refractivity contribution is 5.79. The molecular formula is C26H30N4O5. The van der Waals surface area contributed by atoms with E-state index in [0.29, 0.717) is 56.2 Å². The largest absolute Gasteiger partial charge is 0.478 e. The van der Waals surface area contributed by atoms with Gasteiger partial charge >= 0.3 is 5.97 Å². The Balaban J connectivity index is 1.54. The molecule has 0 atom stereocenters. The van der Waals surface area contributed by atoms with E-state index in [9.17, 15) is 9.90 Å². The molecule has 0 fully saturated rings. The third-order valence-electron chi connectivity index (χ3n) is 5.65. The molecule has 0 unspecified atom stereocenters. The lowest BCUT2D eigenvalue weighted by molar-refractivity contribution is -0.152. The molecule has 0 amide bonds. The Labute approximate surface area is 204 Å². The molecule has 2 aromatic carbocycles. The lowest BCUT2D eigenvalue weighted by Crippen LogP contribution is -2.38. The van der Waals surface area contributed by atoms with E-state index in [4.69, 9.17) is 13.9 Å². The Morgan fingerprint density at radius 1 is 1.09 bits per heavy atom. The first-order chi connectivity index (χ1) is 16.7. The predicted octanol–water partition coefficient (Wildman–Crippen LogP) is 4.03. The quantitative estimate of drug-likeness (QED) is 0.465. The number of aromatic nitrogens is 2. The van der Waals surface area contributed by atoms with Crippen LogP contribution in [-0.4, -0.2) is 57.4 Å². The van der Waals surface area contributed by atoms with Crippen LogP contribution in [-0.2, 0) is 22.6 Å². The maximum atomic E-state index is 11.5. The maximum Gasteiger partial charge on any atom is 0.347 e. The SMILES string of the molecule is Cc1cc(CN(CC2=NCCO2)Cc2nnc(-c3ccccc3)o2)cc(C)c1OC(C)(C)C(=O)O. The number of aliphatic imine (C=N–C) groups is 1. The van der Waals surface area contributed by atoms with Crippen molar-refractivity contribution in [2.45, 2.75) is 46.4 Å². The fraction of sp³-hybridized carbons (Fsp3) is 0.385. The number of aliphatic carboxylic acids is 1. The van der Waals surface area contributed by atoms with E-state index in [2.05, 4.69) is 20.1 Å². The summed E-state index contributed by atoms with van der Waals surface area (Å²) in [6, 6.07) is 13.7. The minimum atomic E-state index is -1.32. The Kier molecular flexibility index (Phi) is 7.16. The summed E-state index contributed by atoms with van der Waals surface area (Å²) in [6.45, 7) is 9.67. The molecular weight excluding hydrogens is 448 g/mol. The van der Waals surface area contributed by atoms with E-state index in [1.807, 2.05) is 56.3 Å². The number of hydrogen-bond acceptors (Lipinski definition) is 8. The monoisotopic (exact) mass is 478 g/mol. The summed E-state index contributed by atoms with van der Waals surface area (Å²) < 4.78 is 17.4. The zero-order chi connectivity index (χ0) is 25.0. The number of aryl methyl sites for hydroxylation is 2. The molecule has 3 aromatic rings. The lowest BCUT2D eigenvalue weighted by atomic mass is 10.0. The Morgan fingerprint density at radius 2 is 1.80 bits per heavy atom. The van der Waals surface area contributed by atoms with Crippen LogP contribution in [0.4, 0.5) is 0 Å². The van der Waals surface area contributed by atoms with Crippen LogP contribution < -0.4 is 4.74 Å². The molecule has 9 heteroatoms. The first kappa shape index (κ1) is 24.4. The summed E-state index contributed by atoms with van der Waals surface area (Å²) in [6.07, 6.45) is 0. The zero-order valence-electron chi connectivity index (χ0n) is 20.4. The van der Waals surface area contributed by atoms with Gasteiger partial charge in [0.05, 0.1) is 19.6 Å². The second-order valence-corrected chi connectivity index (χ2v) is 9.11. The highest BCUT2D eigenvalue weighted by atomic mass is 16.5. The van der Waals surface area contributed by atoms with Crippen molar-refractivity contribution < 1.29 is 23.8 Å². The van der Waals surface area contributed by atoms with Gasteiger partial charge in [0, 0.05) is 12.1 Å². The van der Waals surface area contributed by atoms with Gasteiger partial charge in [-0.15, -0.1) is 10.2 Å². The van der Waals surface area contributed by atoms with Crippen LogP contribution in [0.1, 0.15) is 36.4 Å². The second kappa shape index (κ2) is 10.3. The Bertz CT molecular complexity index is 1200. The number of benzene rings is 2. The van der Waals surface area contributed by atoms with Crippen molar-refractivity contribution in [2.75, 3.05) is 19.7 Å². The van der Waals surface area contributed by atoms with Gasteiger partial charge in [-0.1, -0.05) is 30.3 Å². The number of hydrogen-bond donors (Lipinski definition) is 1. The van der Waals surface area contributed by atoms with Gasteiger partial charge in [0.2, 0.25) is 11.8 Å². The van der Waals surface area contributed by atoms with Crippen molar-refractivity contribution >= 4 is 11.9 Å². The van der Waals surface area contributed by atoms with E-state index in [1.165, 1.54) is 0 Å². The molecule has 1 aliphatic heterocycles. The molecule has 0 bridgehead atoms. The Morgan fingerprint density at radius 3 is 2.43 bits per heavy atom. The summed E-state index contributed by atoms with van der Waals surface area (Å²) in [4.78, 5) is 18.1. The van der Waals surface area contributed by atoms with Crippen LogP contribution in [0.15, 0.2) is 51.9 Å². The average molecular weight is 479 g/mol. The molecule has 0 radical (unpaired) electrons.